The van der Waals surface area contributed by atoms with Gasteiger partial charge in [0.15, 0.2) is 0 Å². The molecule has 0 aromatic carbocycles. The summed E-state index contributed by atoms with van der Waals surface area (Å²) < 4.78 is 0. The van der Waals surface area contributed by atoms with Gasteiger partial charge < -0.3 is 15.5 Å². The van der Waals surface area contributed by atoms with Crippen LogP contribution in [0.1, 0.15) is 51.0 Å². The molecule has 0 amide bonds. The zero-order valence-electron chi connectivity index (χ0n) is 12.3. The van der Waals surface area contributed by atoms with Gasteiger partial charge >= 0.3 is 0 Å². The second-order valence-electron chi connectivity index (χ2n) is 6.18. The SMILES string of the molecule is CC(O)(CNC1CCCCC1CCCO)c1ccsc1. The van der Waals surface area contributed by atoms with Crippen molar-refractivity contribution in [3.8, 4) is 0 Å². The summed E-state index contributed by atoms with van der Waals surface area (Å²) in [6.45, 7) is 2.77. The van der Waals surface area contributed by atoms with Gasteiger partial charge in [-0.15, -0.1) is 0 Å². The molecule has 1 aromatic heterocycles. The summed E-state index contributed by atoms with van der Waals surface area (Å²) in [6.07, 6.45) is 7.00. The lowest BCUT2D eigenvalue weighted by atomic mass is 9.81. The summed E-state index contributed by atoms with van der Waals surface area (Å²) in [5, 5.41) is 27.2. The maximum absolute atomic E-state index is 10.6. The van der Waals surface area contributed by atoms with Crippen LogP contribution in [0, 0.1) is 5.92 Å². The lowest BCUT2D eigenvalue weighted by Crippen LogP contribution is -2.45. The van der Waals surface area contributed by atoms with Crippen LogP contribution in [0.5, 0.6) is 0 Å². The molecule has 3 nitrogen and oxygen atoms in total. The molecule has 0 spiro atoms. The molecule has 1 heterocycles. The van der Waals surface area contributed by atoms with Crippen LogP contribution in [0.3, 0.4) is 0 Å². The van der Waals surface area contributed by atoms with E-state index in [4.69, 9.17) is 5.11 Å². The van der Waals surface area contributed by atoms with Crippen molar-refractivity contribution in [2.45, 2.75) is 57.1 Å². The van der Waals surface area contributed by atoms with Gasteiger partial charge in [-0.3, -0.25) is 0 Å². The fourth-order valence-electron chi connectivity index (χ4n) is 3.18. The number of thiophene rings is 1. The lowest BCUT2D eigenvalue weighted by Gasteiger charge is -2.35. The third kappa shape index (κ3) is 4.29. The Kier molecular flexibility index (Phi) is 6.02. The Morgan fingerprint density at radius 1 is 1.40 bits per heavy atom. The highest BCUT2D eigenvalue weighted by molar-refractivity contribution is 7.08. The molecule has 4 heteroatoms. The molecule has 0 bridgehead atoms. The van der Waals surface area contributed by atoms with Crippen LogP contribution >= 0.6 is 11.3 Å². The number of aliphatic hydroxyl groups is 2. The van der Waals surface area contributed by atoms with Crippen molar-refractivity contribution in [3.05, 3.63) is 22.4 Å². The van der Waals surface area contributed by atoms with Gasteiger partial charge in [-0.2, -0.15) is 11.3 Å². The van der Waals surface area contributed by atoms with Crippen LogP contribution in [0.2, 0.25) is 0 Å². The van der Waals surface area contributed by atoms with Crippen LogP contribution in [-0.2, 0) is 5.60 Å². The van der Waals surface area contributed by atoms with Gasteiger partial charge in [-0.1, -0.05) is 12.8 Å². The largest absolute Gasteiger partial charge is 0.396 e. The Labute approximate surface area is 126 Å². The monoisotopic (exact) mass is 297 g/mol. The molecule has 0 saturated heterocycles. The Bertz CT molecular complexity index is 378. The predicted molar refractivity (Wildman–Crippen MR) is 84.0 cm³/mol. The van der Waals surface area contributed by atoms with Gasteiger partial charge in [0.1, 0.15) is 0 Å². The minimum absolute atomic E-state index is 0.288. The second kappa shape index (κ2) is 7.55. The summed E-state index contributed by atoms with van der Waals surface area (Å²) in [6, 6.07) is 2.48. The highest BCUT2D eigenvalue weighted by Crippen LogP contribution is 2.29. The fraction of sp³-hybridized carbons (Fsp3) is 0.750. The van der Waals surface area contributed by atoms with Crippen LogP contribution in [0.15, 0.2) is 16.8 Å². The van der Waals surface area contributed by atoms with E-state index < -0.39 is 5.60 Å². The van der Waals surface area contributed by atoms with Gasteiger partial charge in [-0.05, 0) is 60.9 Å². The molecule has 2 rings (SSSR count). The summed E-state index contributed by atoms with van der Waals surface area (Å²) in [4.78, 5) is 0. The summed E-state index contributed by atoms with van der Waals surface area (Å²) >= 11 is 1.62. The number of nitrogens with one attached hydrogen (secondary N) is 1. The Hall–Kier alpha value is -0.420. The summed E-state index contributed by atoms with van der Waals surface area (Å²) in [5.41, 5.74) is 0.205. The van der Waals surface area contributed by atoms with Crippen LogP contribution in [0.4, 0.5) is 0 Å². The highest BCUT2D eigenvalue weighted by atomic mass is 32.1. The molecule has 114 valence electrons. The van der Waals surface area contributed by atoms with Crippen molar-refractivity contribution in [3.63, 3.8) is 0 Å². The van der Waals surface area contributed by atoms with E-state index >= 15 is 0 Å². The van der Waals surface area contributed by atoms with E-state index in [0.717, 1.165) is 18.4 Å². The van der Waals surface area contributed by atoms with E-state index in [1.165, 1.54) is 25.7 Å². The summed E-state index contributed by atoms with van der Waals surface area (Å²) in [7, 11) is 0. The van der Waals surface area contributed by atoms with Crippen molar-refractivity contribution < 1.29 is 10.2 Å². The minimum atomic E-state index is -0.793. The highest BCUT2D eigenvalue weighted by Gasteiger charge is 2.28. The minimum Gasteiger partial charge on any atom is -0.396 e. The smallest absolute Gasteiger partial charge is 0.1000 e. The van der Waals surface area contributed by atoms with Crippen molar-refractivity contribution in [2.75, 3.05) is 13.2 Å². The normalized spacial score (nSPS) is 26.4. The van der Waals surface area contributed by atoms with E-state index in [1.54, 1.807) is 11.3 Å². The van der Waals surface area contributed by atoms with Gasteiger partial charge in [0.25, 0.3) is 0 Å². The number of rotatable bonds is 7. The Morgan fingerprint density at radius 2 is 2.20 bits per heavy atom. The lowest BCUT2D eigenvalue weighted by molar-refractivity contribution is 0.0485. The fourth-order valence-corrected chi connectivity index (χ4v) is 3.96. The molecule has 3 unspecified atom stereocenters. The van der Waals surface area contributed by atoms with E-state index in [2.05, 4.69) is 5.32 Å². The number of hydrogen-bond donors (Lipinski definition) is 3. The molecule has 3 atom stereocenters. The van der Waals surface area contributed by atoms with Crippen LogP contribution in [0.25, 0.3) is 0 Å². The molecular weight excluding hydrogens is 270 g/mol. The van der Waals surface area contributed by atoms with Gasteiger partial charge in [0.05, 0.1) is 5.60 Å². The molecule has 1 aliphatic carbocycles. The van der Waals surface area contributed by atoms with Crippen LogP contribution < -0.4 is 5.32 Å². The average Bonchev–Trinajstić information content (AvgIpc) is 2.99. The van der Waals surface area contributed by atoms with E-state index in [9.17, 15) is 5.11 Å². The number of aliphatic hydroxyl groups excluding tert-OH is 1. The zero-order valence-corrected chi connectivity index (χ0v) is 13.2. The zero-order chi connectivity index (χ0) is 14.4. The van der Waals surface area contributed by atoms with Crippen molar-refractivity contribution in [1.82, 2.24) is 5.32 Å². The first-order valence-electron chi connectivity index (χ1n) is 7.73. The Morgan fingerprint density at radius 3 is 2.90 bits per heavy atom. The average molecular weight is 297 g/mol. The second-order valence-corrected chi connectivity index (χ2v) is 6.96. The third-order valence-corrected chi connectivity index (χ3v) is 5.18. The number of hydrogen-bond acceptors (Lipinski definition) is 4. The Balaban J connectivity index is 1.87. The quantitative estimate of drug-likeness (QED) is 0.725. The third-order valence-electron chi connectivity index (χ3n) is 4.49. The van der Waals surface area contributed by atoms with Gasteiger partial charge in [-0.25, -0.2) is 0 Å². The topological polar surface area (TPSA) is 52.5 Å². The molecule has 1 saturated carbocycles. The molecule has 0 aliphatic heterocycles. The van der Waals surface area contributed by atoms with Crippen molar-refractivity contribution in [2.24, 2.45) is 5.92 Å². The maximum Gasteiger partial charge on any atom is 0.1000 e. The van der Waals surface area contributed by atoms with Crippen molar-refractivity contribution in [1.29, 1.82) is 0 Å². The molecular formula is C16H27NO2S. The van der Waals surface area contributed by atoms with Crippen molar-refractivity contribution >= 4 is 11.3 Å². The standard InChI is InChI=1S/C16H27NO2S/c1-16(19,14-8-10-20-11-14)12-17-15-7-3-2-5-13(15)6-4-9-18/h8,10-11,13,15,17-19H,2-7,9,12H2,1H3. The first-order valence-corrected chi connectivity index (χ1v) is 8.67. The predicted octanol–water partition coefficient (Wildman–Crippen LogP) is 2.88. The molecule has 1 aliphatic rings. The first kappa shape index (κ1) is 16.0. The molecule has 0 radical (unpaired) electrons. The van der Waals surface area contributed by atoms with Gasteiger partial charge in [0.2, 0.25) is 0 Å². The summed E-state index contributed by atoms with van der Waals surface area (Å²) in [5.74, 6) is 0.647. The van der Waals surface area contributed by atoms with Crippen LogP contribution in [-0.4, -0.2) is 29.4 Å². The van der Waals surface area contributed by atoms with Gasteiger partial charge in [0, 0.05) is 19.2 Å². The van der Waals surface area contributed by atoms with E-state index in [-0.39, 0.29) is 6.61 Å². The molecule has 1 aromatic rings. The van der Waals surface area contributed by atoms with E-state index in [1.807, 2.05) is 23.8 Å². The molecule has 3 N–H and O–H groups in total. The maximum atomic E-state index is 10.6. The van der Waals surface area contributed by atoms with E-state index in [0.29, 0.717) is 18.5 Å². The molecule has 20 heavy (non-hydrogen) atoms. The first-order chi connectivity index (χ1) is 9.63. The molecule has 1 fully saturated rings.